The molecule has 1 aliphatic rings. The molecule has 0 aromatic heterocycles. The maximum atomic E-state index is 12.5. The Morgan fingerprint density at radius 3 is 2.33 bits per heavy atom. The number of carboxylic acid groups (broad SMARTS) is 1. The van der Waals surface area contributed by atoms with Crippen molar-refractivity contribution in [1.82, 2.24) is 5.32 Å². The van der Waals surface area contributed by atoms with Gasteiger partial charge in [-0.2, -0.15) is 0 Å². The molecule has 0 bridgehead atoms. The van der Waals surface area contributed by atoms with E-state index in [0.29, 0.717) is 24.3 Å². The van der Waals surface area contributed by atoms with Crippen LogP contribution in [0.15, 0.2) is 18.2 Å². The minimum Gasteiger partial charge on any atom is -0.550 e. The molecule has 132 valence electrons. The van der Waals surface area contributed by atoms with Crippen LogP contribution < -0.4 is 19.9 Å². The van der Waals surface area contributed by atoms with Gasteiger partial charge in [0, 0.05) is 17.8 Å². The van der Waals surface area contributed by atoms with Crippen LogP contribution in [0.4, 0.5) is 0 Å². The average molecular weight is 334 g/mol. The molecule has 1 aromatic rings. The molecule has 1 N–H and O–H groups in total. The lowest BCUT2D eigenvalue weighted by Gasteiger charge is -2.32. The molecule has 1 aromatic carbocycles. The lowest BCUT2D eigenvalue weighted by molar-refractivity contribution is -0.314. The van der Waals surface area contributed by atoms with Crippen LogP contribution in [0.3, 0.4) is 0 Å². The molecule has 3 atom stereocenters. The zero-order chi connectivity index (χ0) is 17.7. The molecule has 6 heteroatoms. The van der Waals surface area contributed by atoms with E-state index in [1.807, 2.05) is 13.0 Å². The van der Waals surface area contributed by atoms with Crippen LogP contribution in [0, 0.1) is 11.8 Å². The van der Waals surface area contributed by atoms with Crippen LogP contribution >= 0.6 is 0 Å². The fraction of sp³-hybridized carbons (Fsp3) is 0.556. The largest absolute Gasteiger partial charge is 0.550 e. The molecule has 0 heterocycles. The van der Waals surface area contributed by atoms with Gasteiger partial charge in [0.05, 0.1) is 20.3 Å². The fourth-order valence-corrected chi connectivity index (χ4v) is 3.25. The maximum absolute atomic E-state index is 12.5. The van der Waals surface area contributed by atoms with Crippen molar-refractivity contribution in [1.29, 1.82) is 0 Å². The number of aliphatic carboxylic acids is 1. The van der Waals surface area contributed by atoms with Crippen LogP contribution in [0.5, 0.6) is 11.5 Å². The van der Waals surface area contributed by atoms with Gasteiger partial charge in [-0.3, -0.25) is 4.79 Å². The van der Waals surface area contributed by atoms with Crippen LogP contribution in [0.2, 0.25) is 0 Å². The number of hydrogen-bond acceptors (Lipinski definition) is 5. The van der Waals surface area contributed by atoms with E-state index in [2.05, 4.69) is 5.32 Å². The Hall–Kier alpha value is -2.24. The smallest absolute Gasteiger partial charge is 0.224 e. The third kappa shape index (κ3) is 3.99. The van der Waals surface area contributed by atoms with Gasteiger partial charge in [0.15, 0.2) is 11.5 Å². The highest BCUT2D eigenvalue weighted by Crippen LogP contribution is 2.32. The topological polar surface area (TPSA) is 87.7 Å². The molecule has 0 radical (unpaired) electrons. The predicted molar refractivity (Wildman–Crippen MR) is 86.6 cm³/mol. The highest BCUT2D eigenvalue weighted by atomic mass is 16.5. The molecule has 1 aliphatic carbocycles. The van der Waals surface area contributed by atoms with Crippen molar-refractivity contribution < 1.29 is 24.2 Å². The summed E-state index contributed by atoms with van der Waals surface area (Å²) >= 11 is 0. The van der Waals surface area contributed by atoms with Crippen molar-refractivity contribution in [2.24, 2.45) is 11.8 Å². The number of nitrogens with one attached hydrogen (secondary N) is 1. The van der Waals surface area contributed by atoms with Crippen LogP contribution in [-0.2, 0) is 9.59 Å². The zero-order valence-corrected chi connectivity index (χ0v) is 14.3. The molecule has 0 aliphatic heterocycles. The number of rotatable bonds is 6. The van der Waals surface area contributed by atoms with Crippen molar-refractivity contribution >= 4 is 11.9 Å². The number of methoxy groups -OCH3 is 2. The van der Waals surface area contributed by atoms with E-state index in [1.54, 1.807) is 26.4 Å². The molecule has 0 spiro atoms. The van der Waals surface area contributed by atoms with E-state index >= 15 is 0 Å². The molecule has 2 rings (SSSR count). The SMILES string of the molecule is COc1ccc([C@@H](C)NC(=O)[C@H]2CCCC[C@@H]2C(=O)[O-])cc1OC. The van der Waals surface area contributed by atoms with Gasteiger partial charge in [-0.15, -0.1) is 0 Å². The van der Waals surface area contributed by atoms with Crippen LogP contribution in [0.25, 0.3) is 0 Å². The molecular weight excluding hydrogens is 310 g/mol. The van der Waals surface area contributed by atoms with Crippen molar-refractivity contribution in [3.63, 3.8) is 0 Å². The minimum atomic E-state index is -1.13. The lowest BCUT2D eigenvalue weighted by atomic mass is 9.78. The summed E-state index contributed by atoms with van der Waals surface area (Å²) in [6.07, 6.45) is 2.79. The third-order valence-corrected chi connectivity index (χ3v) is 4.67. The highest BCUT2D eigenvalue weighted by molar-refractivity contribution is 5.84. The average Bonchev–Trinajstić information content (AvgIpc) is 2.60. The van der Waals surface area contributed by atoms with Crippen molar-refractivity contribution in [2.45, 2.75) is 38.6 Å². The fourth-order valence-electron chi connectivity index (χ4n) is 3.25. The van der Waals surface area contributed by atoms with E-state index in [1.165, 1.54) is 0 Å². The second-order valence-electron chi connectivity index (χ2n) is 6.16. The molecule has 0 unspecified atom stereocenters. The standard InChI is InChI=1S/C18H25NO5/c1-11(12-8-9-15(23-2)16(10-12)24-3)19-17(20)13-6-4-5-7-14(13)18(21)22/h8-11,13-14H,4-7H2,1-3H3,(H,19,20)(H,21,22)/p-1/t11-,13+,14+/m1/s1. The number of carboxylic acids is 1. The van der Waals surface area contributed by atoms with Gasteiger partial charge < -0.3 is 24.7 Å². The van der Waals surface area contributed by atoms with Gasteiger partial charge in [-0.25, -0.2) is 0 Å². The van der Waals surface area contributed by atoms with Gasteiger partial charge in [0.25, 0.3) is 0 Å². The van der Waals surface area contributed by atoms with Crippen LogP contribution in [-0.4, -0.2) is 26.1 Å². The van der Waals surface area contributed by atoms with Gasteiger partial charge in [-0.1, -0.05) is 18.9 Å². The Labute approximate surface area is 142 Å². The Kier molecular flexibility index (Phi) is 6.06. The number of ether oxygens (including phenoxy) is 2. The van der Waals surface area contributed by atoms with Gasteiger partial charge >= 0.3 is 0 Å². The summed E-state index contributed by atoms with van der Waals surface area (Å²) in [6, 6.07) is 5.17. The Bertz CT molecular complexity index is 601. The summed E-state index contributed by atoms with van der Waals surface area (Å²) in [4.78, 5) is 23.8. The van der Waals surface area contributed by atoms with E-state index in [4.69, 9.17) is 9.47 Å². The maximum Gasteiger partial charge on any atom is 0.224 e. The second kappa shape index (κ2) is 8.04. The molecule has 0 saturated heterocycles. The van der Waals surface area contributed by atoms with Gasteiger partial charge in [0.1, 0.15) is 0 Å². The molecular formula is C18H24NO5-. The quantitative estimate of drug-likeness (QED) is 0.850. The second-order valence-corrected chi connectivity index (χ2v) is 6.16. The first kappa shape index (κ1) is 18.1. The zero-order valence-electron chi connectivity index (χ0n) is 14.3. The summed E-state index contributed by atoms with van der Waals surface area (Å²) < 4.78 is 10.5. The van der Waals surface area contributed by atoms with Crippen molar-refractivity contribution in [3.05, 3.63) is 23.8 Å². The molecule has 24 heavy (non-hydrogen) atoms. The normalized spacial score (nSPS) is 21.6. The predicted octanol–water partition coefficient (Wildman–Crippen LogP) is 1.44. The number of carbonyl (C=O) groups is 2. The Morgan fingerprint density at radius 1 is 1.12 bits per heavy atom. The van der Waals surface area contributed by atoms with E-state index in [9.17, 15) is 14.7 Å². The third-order valence-electron chi connectivity index (χ3n) is 4.67. The monoisotopic (exact) mass is 334 g/mol. The van der Waals surface area contributed by atoms with Crippen molar-refractivity contribution in [2.75, 3.05) is 14.2 Å². The van der Waals surface area contributed by atoms with Crippen molar-refractivity contribution in [3.8, 4) is 11.5 Å². The van der Waals surface area contributed by atoms with E-state index in [-0.39, 0.29) is 11.9 Å². The summed E-state index contributed by atoms with van der Waals surface area (Å²) in [5.41, 5.74) is 0.863. The summed E-state index contributed by atoms with van der Waals surface area (Å²) in [5.74, 6) is -1.38. The van der Waals surface area contributed by atoms with Gasteiger partial charge in [0.2, 0.25) is 5.91 Å². The van der Waals surface area contributed by atoms with Gasteiger partial charge in [-0.05, 0) is 37.5 Å². The first-order valence-corrected chi connectivity index (χ1v) is 8.21. The molecule has 6 nitrogen and oxygen atoms in total. The number of carbonyl (C=O) groups excluding carboxylic acids is 2. The van der Waals surface area contributed by atoms with E-state index < -0.39 is 17.8 Å². The Morgan fingerprint density at radius 2 is 1.75 bits per heavy atom. The number of benzene rings is 1. The van der Waals surface area contributed by atoms with Crippen LogP contribution in [0.1, 0.15) is 44.2 Å². The highest BCUT2D eigenvalue weighted by Gasteiger charge is 2.32. The molecule has 1 amide bonds. The Balaban J connectivity index is 2.09. The summed E-state index contributed by atoms with van der Waals surface area (Å²) in [6.45, 7) is 1.86. The first-order valence-electron chi connectivity index (χ1n) is 8.21. The molecule has 1 saturated carbocycles. The minimum absolute atomic E-state index is 0.230. The number of amides is 1. The molecule has 1 fully saturated rings. The first-order chi connectivity index (χ1) is 11.5. The summed E-state index contributed by atoms with van der Waals surface area (Å²) in [7, 11) is 3.11. The van der Waals surface area contributed by atoms with E-state index in [0.717, 1.165) is 18.4 Å². The summed E-state index contributed by atoms with van der Waals surface area (Å²) in [5, 5.41) is 14.2. The lowest BCUT2D eigenvalue weighted by Crippen LogP contribution is -2.45. The number of hydrogen-bond donors (Lipinski definition) is 1.